The number of anilines is 1. The van der Waals surface area contributed by atoms with Crippen LogP contribution in [0.15, 0.2) is 36.8 Å². The van der Waals surface area contributed by atoms with Crippen LogP contribution in [0.1, 0.15) is 40.1 Å². The van der Waals surface area contributed by atoms with Gasteiger partial charge in [0.1, 0.15) is 24.2 Å². The van der Waals surface area contributed by atoms with Crippen LogP contribution in [0.5, 0.6) is 5.75 Å². The third kappa shape index (κ3) is 4.48. The van der Waals surface area contributed by atoms with Crippen LogP contribution in [0.25, 0.3) is 0 Å². The van der Waals surface area contributed by atoms with Crippen molar-refractivity contribution < 1.29 is 29.0 Å². The normalized spacial score (nSPS) is 22.9. The smallest absolute Gasteiger partial charge is 0.305 e. The molecule has 1 saturated heterocycles. The van der Waals surface area contributed by atoms with Gasteiger partial charge in [-0.05, 0) is 31.0 Å². The van der Waals surface area contributed by atoms with Gasteiger partial charge in [0.2, 0.25) is 0 Å². The Bertz CT molecular complexity index is 999. The number of hydrogen-bond donors (Lipinski definition) is 2. The number of carbonyl (C=O) groups is 3. The Kier molecular flexibility index (Phi) is 5.81. The third-order valence-electron chi connectivity index (χ3n) is 5.47. The lowest BCUT2D eigenvalue weighted by atomic mass is 9.94. The van der Waals surface area contributed by atoms with Gasteiger partial charge in [0.05, 0.1) is 30.3 Å². The van der Waals surface area contributed by atoms with E-state index in [1.165, 1.54) is 18.6 Å². The van der Waals surface area contributed by atoms with Crippen molar-refractivity contribution >= 4 is 23.5 Å². The first-order chi connectivity index (χ1) is 14.9. The van der Waals surface area contributed by atoms with E-state index in [0.717, 1.165) is 0 Å². The van der Waals surface area contributed by atoms with E-state index >= 15 is 0 Å². The summed E-state index contributed by atoms with van der Waals surface area (Å²) < 4.78 is 11.8. The van der Waals surface area contributed by atoms with Gasteiger partial charge in [-0.3, -0.25) is 19.4 Å². The van der Waals surface area contributed by atoms with E-state index in [9.17, 15) is 14.4 Å². The van der Waals surface area contributed by atoms with E-state index in [1.54, 1.807) is 30.1 Å². The number of carboxylic acids is 1. The van der Waals surface area contributed by atoms with Gasteiger partial charge in [-0.2, -0.15) is 0 Å². The van der Waals surface area contributed by atoms with Crippen LogP contribution in [-0.4, -0.2) is 69.7 Å². The minimum Gasteiger partial charge on any atom is -0.490 e. The minimum atomic E-state index is -0.916. The molecular formula is C21H22N4O6. The molecule has 10 nitrogen and oxygen atoms in total. The van der Waals surface area contributed by atoms with Crippen molar-refractivity contribution in [1.29, 1.82) is 0 Å². The van der Waals surface area contributed by atoms with Gasteiger partial charge < -0.3 is 24.8 Å². The van der Waals surface area contributed by atoms with Gasteiger partial charge in [-0.15, -0.1) is 0 Å². The lowest BCUT2D eigenvalue weighted by Gasteiger charge is -2.42. The third-order valence-corrected chi connectivity index (χ3v) is 5.47. The molecule has 0 spiro atoms. The zero-order valence-electron chi connectivity index (χ0n) is 16.9. The highest BCUT2D eigenvalue weighted by molar-refractivity contribution is 6.04. The van der Waals surface area contributed by atoms with Gasteiger partial charge in [0.25, 0.3) is 11.8 Å². The van der Waals surface area contributed by atoms with E-state index < -0.39 is 24.1 Å². The second-order valence-electron chi connectivity index (χ2n) is 7.52. The maximum atomic E-state index is 13.2. The number of carboxylic acid groups (broad SMARTS) is 1. The fourth-order valence-electron chi connectivity index (χ4n) is 3.91. The molecule has 1 fully saturated rings. The average Bonchev–Trinajstić information content (AvgIpc) is 2.77. The Morgan fingerprint density at radius 1 is 1.29 bits per heavy atom. The number of ether oxygens (including phenoxy) is 2. The number of likely N-dealkylation sites (N-methyl/N-ethyl adjacent to an activating group) is 1. The largest absolute Gasteiger partial charge is 0.490 e. The Balaban J connectivity index is 1.54. The second-order valence-corrected chi connectivity index (χ2v) is 7.52. The molecule has 0 aliphatic carbocycles. The maximum absolute atomic E-state index is 13.2. The maximum Gasteiger partial charge on any atom is 0.305 e. The van der Waals surface area contributed by atoms with E-state index in [1.807, 2.05) is 0 Å². The van der Waals surface area contributed by atoms with Crippen LogP contribution >= 0.6 is 0 Å². The number of hydrogen-bond acceptors (Lipinski definition) is 7. The molecule has 2 N–H and O–H groups in total. The van der Waals surface area contributed by atoms with Crippen LogP contribution < -0.4 is 10.1 Å². The molecule has 3 heterocycles. The molecule has 1 aromatic carbocycles. The zero-order chi connectivity index (χ0) is 22.0. The Labute approximate surface area is 178 Å². The molecule has 1 aromatic heterocycles. The summed E-state index contributed by atoms with van der Waals surface area (Å²) in [5.74, 6) is -1.25. The summed E-state index contributed by atoms with van der Waals surface area (Å²) in [6, 6.07) is 4.59. The molecule has 0 radical (unpaired) electrons. The van der Waals surface area contributed by atoms with E-state index in [2.05, 4.69) is 15.3 Å². The molecule has 2 aromatic rings. The molecule has 0 bridgehead atoms. The molecular weight excluding hydrogens is 404 g/mol. The van der Waals surface area contributed by atoms with Gasteiger partial charge in [-0.25, -0.2) is 4.98 Å². The van der Waals surface area contributed by atoms with E-state index in [-0.39, 0.29) is 30.7 Å². The number of nitrogens with zero attached hydrogens (tertiary/aromatic N) is 3. The van der Waals surface area contributed by atoms with Crippen molar-refractivity contribution in [2.75, 3.05) is 19.0 Å². The Morgan fingerprint density at radius 2 is 2.13 bits per heavy atom. The van der Waals surface area contributed by atoms with Gasteiger partial charge >= 0.3 is 5.97 Å². The number of fused-ring (bicyclic) bond motifs is 2. The molecule has 2 aliphatic rings. The first-order valence-corrected chi connectivity index (χ1v) is 9.91. The molecule has 0 unspecified atom stereocenters. The summed E-state index contributed by atoms with van der Waals surface area (Å²) in [7, 11) is 1.70. The highest BCUT2D eigenvalue weighted by Crippen LogP contribution is 2.32. The zero-order valence-corrected chi connectivity index (χ0v) is 16.9. The number of amides is 2. The van der Waals surface area contributed by atoms with Crippen molar-refractivity contribution in [3.8, 4) is 5.75 Å². The highest BCUT2D eigenvalue weighted by atomic mass is 16.5. The standard InChI is InChI=1S/C21H22N4O6/c1-25-16-4-3-13(9-19(26)27)31-18(16)11-30-17-5-2-12(8-14(17)21(25)29)24-20(28)15-10-22-6-7-23-15/h2,5-8,10,13,16,18H,3-4,9,11H2,1H3,(H,24,28)(H,26,27)/t13-,16-,18-/m1/s1. The van der Waals surface area contributed by atoms with E-state index in [4.69, 9.17) is 14.6 Å². The van der Waals surface area contributed by atoms with Crippen molar-refractivity contribution in [2.24, 2.45) is 0 Å². The molecule has 0 saturated carbocycles. The fourth-order valence-corrected chi connectivity index (χ4v) is 3.91. The molecule has 10 heteroatoms. The number of aromatic nitrogens is 2. The monoisotopic (exact) mass is 426 g/mol. The van der Waals surface area contributed by atoms with Crippen LogP contribution in [0.2, 0.25) is 0 Å². The minimum absolute atomic E-state index is 0.0771. The Hall–Kier alpha value is -3.53. The number of benzene rings is 1. The molecule has 2 amide bonds. The molecule has 2 aliphatic heterocycles. The van der Waals surface area contributed by atoms with Crippen LogP contribution in [-0.2, 0) is 9.53 Å². The summed E-state index contributed by atoms with van der Waals surface area (Å²) in [4.78, 5) is 46.0. The second kappa shape index (κ2) is 8.68. The number of nitrogens with one attached hydrogen (secondary N) is 1. The summed E-state index contributed by atoms with van der Waals surface area (Å²) in [6.45, 7) is 0.191. The molecule has 4 rings (SSSR count). The lowest BCUT2D eigenvalue weighted by molar-refractivity contribution is -0.148. The lowest BCUT2D eigenvalue weighted by Crippen LogP contribution is -2.53. The van der Waals surface area contributed by atoms with Crippen LogP contribution in [0.3, 0.4) is 0 Å². The first kappa shape index (κ1) is 20.7. The topological polar surface area (TPSA) is 131 Å². The summed E-state index contributed by atoms with van der Waals surface area (Å²) >= 11 is 0. The fraction of sp³-hybridized carbons (Fsp3) is 0.381. The van der Waals surface area contributed by atoms with Crippen molar-refractivity contribution in [2.45, 2.75) is 37.5 Å². The van der Waals surface area contributed by atoms with Gasteiger partial charge in [0, 0.05) is 25.1 Å². The predicted molar refractivity (Wildman–Crippen MR) is 108 cm³/mol. The summed E-state index contributed by atoms with van der Waals surface area (Å²) in [6.07, 6.45) is 4.52. The Morgan fingerprint density at radius 3 is 2.87 bits per heavy atom. The molecule has 162 valence electrons. The van der Waals surface area contributed by atoms with Crippen molar-refractivity contribution in [3.63, 3.8) is 0 Å². The highest BCUT2D eigenvalue weighted by Gasteiger charge is 2.39. The van der Waals surface area contributed by atoms with E-state index in [0.29, 0.717) is 29.8 Å². The van der Waals surface area contributed by atoms with Crippen LogP contribution in [0, 0.1) is 0 Å². The average molecular weight is 426 g/mol. The quantitative estimate of drug-likeness (QED) is 0.754. The summed E-state index contributed by atoms with van der Waals surface area (Å²) in [5.41, 5.74) is 0.913. The van der Waals surface area contributed by atoms with Gasteiger partial charge in [-0.1, -0.05) is 0 Å². The van der Waals surface area contributed by atoms with Crippen molar-refractivity contribution in [1.82, 2.24) is 14.9 Å². The van der Waals surface area contributed by atoms with Crippen molar-refractivity contribution in [3.05, 3.63) is 48.0 Å². The SMILES string of the molecule is CN1C(=O)c2cc(NC(=O)c3cnccn3)ccc2OC[C@H]2O[C@@H](CC(=O)O)CC[C@H]21. The molecule has 3 atom stereocenters. The predicted octanol–water partition coefficient (Wildman–Crippen LogP) is 1.58. The first-order valence-electron chi connectivity index (χ1n) is 9.91. The number of aliphatic carboxylic acids is 1. The summed E-state index contributed by atoms with van der Waals surface area (Å²) in [5, 5.41) is 11.7. The molecule has 31 heavy (non-hydrogen) atoms. The van der Waals surface area contributed by atoms with Crippen LogP contribution in [0.4, 0.5) is 5.69 Å². The van der Waals surface area contributed by atoms with Gasteiger partial charge in [0.15, 0.2) is 0 Å². The number of carbonyl (C=O) groups excluding carboxylic acids is 2. The number of rotatable bonds is 4.